The lowest BCUT2D eigenvalue weighted by molar-refractivity contribution is 0.0796. The van der Waals surface area contributed by atoms with Gasteiger partial charge in [-0.2, -0.15) is 0 Å². The van der Waals surface area contributed by atoms with E-state index >= 15 is 0 Å². The molecule has 1 aromatic rings. The van der Waals surface area contributed by atoms with Crippen molar-refractivity contribution in [3.05, 3.63) is 17.5 Å². The highest BCUT2D eigenvalue weighted by molar-refractivity contribution is 5.38. The Bertz CT molecular complexity index is 452. The first kappa shape index (κ1) is 10.8. The molecule has 2 fully saturated rings. The number of aryl methyl sites for hydroxylation is 1. The molecule has 1 saturated heterocycles. The van der Waals surface area contributed by atoms with Crippen LogP contribution in [0.2, 0.25) is 0 Å². The van der Waals surface area contributed by atoms with Gasteiger partial charge in [-0.3, -0.25) is 0 Å². The second-order valence-electron chi connectivity index (χ2n) is 4.73. The minimum absolute atomic E-state index is 0.102. The van der Waals surface area contributed by atoms with Crippen molar-refractivity contribution in [1.82, 2.24) is 9.97 Å². The quantitative estimate of drug-likeness (QED) is 0.838. The number of aromatic nitrogens is 2. The van der Waals surface area contributed by atoms with Gasteiger partial charge in [-0.25, -0.2) is 18.7 Å². The van der Waals surface area contributed by atoms with Gasteiger partial charge in [0.05, 0.1) is 18.4 Å². The van der Waals surface area contributed by atoms with Crippen LogP contribution >= 0.6 is 0 Å². The summed E-state index contributed by atoms with van der Waals surface area (Å²) < 4.78 is 26.1. The predicted octanol–water partition coefficient (Wildman–Crippen LogP) is 0.979. The summed E-state index contributed by atoms with van der Waals surface area (Å²) in [5.41, 5.74) is 1.37. The first-order valence-corrected chi connectivity index (χ1v) is 5.60. The molecule has 1 N–H and O–H groups in total. The van der Waals surface area contributed by atoms with Crippen LogP contribution in [0.3, 0.4) is 0 Å². The van der Waals surface area contributed by atoms with Crippen molar-refractivity contribution in [3.8, 4) is 0 Å². The summed E-state index contributed by atoms with van der Waals surface area (Å²) in [5.74, 6) is -3.04. The van der Waals surface area contributed by atoms with Gasteiger partial charge < -0.3 is 10.0 Å². The molecule has 92 valence electrons. The molecule has 1 aromatic heterocycles. The number of aliphatic hydroxyl groups excluding tert-OH is 1. The largest absolute Gasteiger partial charge is 0.392 e. The van der Waals surface area contributed by atoms with E-state index in [-0.39, 0.29) is 6.61 Å². The molecule has 1 aliphatic heterocycles. The number of aliphatic hydroxyl groups is 1. The molecule has 0 radical (unpaired) electrons. The van der Waals surface area contributed by atoms with Crippen LogP contribution in [0.25, 0.3) is 0 Å². The van der Waals surface area contributed by atoms with E-state index in [9.17, 15) is 8.78 Å². The van der Waals surface area contributed by atoms with E-state index in [2.05, 4.69) is 9.97 Å². The predicted molar refractivity (Wildman–Crippen MR) is 56.8 cm³/mol. The molecular weight excluding hydrogens is 228 g/mol. The monoisotopic (exact) mass is 241 g/mol. The molecule has 0 amide bonds. The number of nitrogens with zero attached hydrogens (tertiary/aromatic N) is 3. The number of piperidine rings is 1. The van der Waals surface area contributed by atoms with Crippen molar-refractivity contribution in [2.24, 2.45) is 11.8 Å². The lowest BCUT2D eigenvalue weighted by Gasteiger charge is -2.20. The summed E-state index contributed by atoms with van der Waals surface area (Å²) in [6, 6.07) is 0. The van der Waals surface area contributed by atoms with Gasteiger partial charge in [0, 0.05) is 30.5 Å². The van der Waals surface area contributed by atoms with E-state index in [1.807, 2.05) is 0 Å². The minimum atomic E-state index is -2.48. The highest BCUT2D eigenvalue weighted by Gasteiger charge is 2.71. The van der Waals surface area contributed by atoms with Gasteiger partial charge in [0.15, 0.2) is 0 Å². The normalized spacial score (nSPS) is 29.3. The molecule has 0 bridgehead atoms. The lowest BCUT2D eigenvalue weighted by atomic mass is 10.2. The van der Waals surface area contributed by atoms with E-state index in [4.69, 9.17) is 5.11 Å². The van der Waals surface area contributed by atoms with Gasteiger partial charge >= 0.3 is 0 Å². The fraction of sp³-hybridized carbons (Fsp3) is 0.636. The van der Waals surface area contributed by atoms with Crippen LogP contribution in [-0.4, -0.2) is 34.1 Å². The number of anilines is 1. The number of hydrogen-bond acceptors (Lipinski definition) is 4. The third-order valence-corrected chi connectivity index (χ3v) is 3.72. The van der Waals surface area contributed by atoms with Gasteiger partial charge in [0.2, 0.25) is 5.95 Å². The van der Waals surface area contributed by atoms with Gasteiger partial charge in [0.1, 0.15) is 0 Å². The summed E-state index contributed by atoms with van der Waals surface area (Å²) in [6.07, 6.45) is 1.56. The van der Waals surface area contributed by atoms with Gasteiger partial charge in [-0.1, -0.05) is 0 Å². The summed E-state index contributed by atoms with van der Waals surface area (Å²) >= 11 is 0. The highest BCUT2D eigenvalue weighted by atomic mass is 19.3. The number of hydrogen-bond donors (Lipinski definition) is 1. The highest BCUT2D eigenvalue weighted by Crippen LogP contribution is 2.59. The molecule has 1 saturated carbocycles. The van der Waals surface area contributed by atoms with E-state index in [0.717, 1.165) is 0 Å². The Morgan fingerprint density at radius 2 is 2.12 bits per heavy atom. The minimum Gasteiger partial charge on any atom is -0.392 e. The van der Waals surface area contributed by atoms with Gasteiger partial charge in [0.25, 0.3) is 5.92 Å². The molecular formula is C11H13F2N3O. The van der Waals surface area contributed by atoms with Crippen molar-refractivity contribution in [2.75, 3.05) is 18.0 Å². The van der Waals surface area contributed by atoms with Crippen molar-refractivity contribution in [3.63, 3.8) is 0 Å². The SMILES string of the molecule is Cc1nc(N2CC3C(C2)C3(F)F)ncc1CO. The third-order valence-electron chi connectivity index (χ3n) is 3.72. The third kappa shape index (κ3) is 1.50. The molecule has 2 aliphatic rings. The number of rotatable bonds is 2. The summed E-state index contributed by atoms with van der Waals surface area (Å²) in [7, 11) is 0. The van der Waals surface area contributed by atoms with E-state index in [1.165, 1.54) is 0 Å². The molecule has 6 heteroatoms. The van der Waals surface area contributed by atoms with Crippen LogP contribution in [0.5, 0.6) is 0 Å². The second kappa shape index (κ2) is 3.35. The number of halogens is 2. The van der Waals surface area contributed by atoms with E-state index in [0.29, 0.717) is 30.3 Å². The Labute approximate surface area is 97.3 Å². The Hall–Kier alpha value is -1.30. The van der Waals surface area contributed by atoms with Crippen LogP contribution < -0.4 is 4.90 Å². The second-order valence-corrected chi connectivity index (χ2v) is 4.73. The zero-order valence-corrected chi connectivity index (χ0v) is 9.40. The molecule has 17 heavy (non-hydrogen) atoms. The van der Waals surface area contributed by atoms with Crippen LogP contribution in [0, 0.1) is 18.8 Å². The first-order chi connectivity index (χ1) is 8.04. The van der Waals surface area contributed by atoms with Crippen molar-refractivity contribution in [1.29, 1.82) is 0 Å². The molecule has 2 heterocycles. The maximum Gasteiger partial charge on any atom is 0.258 e. The number of alkyl halides is 2. The van der Waals surface area contributed by atoms with Gasteiger partial charge in [-0.05, 0) is 6.92 Å². The Morgan fingerprint density at radius 3 is 2.65 bits per heavy atom. The zero-order valence-electron chi connectivity index (χ0n) is 9.40. The summed E-state index contributed by atoms with van der Waals surface area (Å²) in [4.78, 5) is 10.1. The van der Waals surface area contributed by atoms with E-state index < -0.39 is 17.8 Å². The first-order valence-electron chi connectivity index (χ1n) is 5.60. The van der Waals surface area contributed by atoms with Crippen LogP contribution in [0.15, 0.2) is 6.20 Å². The van der Waals surface area contributed by atoms with E-state index in [1.54, 1.807) is 18.0 Å². The van der Waals surface area contributed by atoms with Crippen LogP contribution in [-0.2, 0) is 6.61 Å². The molecule has 2 atom stereocenters. The smallest absolute Gasteiger partial charge is 0.258 e. The fourth-order valence-corrected chi connectivity index (χ4v) is 2.46. The Balaban J connectivity index is 1.77. The molecule has 0 spiro atoms. The Kier molecular flexibility index (Phi) is 2.13. The average molecular weight is 241 g/mol. The average Bonchev–Trinajstić information content (AvgIpc) is 2.70. The van der Waals surface area contributed by atoms with Crippen LogP contribution in [0.4, 0.5) is 14.7 Å². The summed E-state index contributed by atoms with van der Waals surface area (Å²) in [5, 5.41) is 9.00. The summed E-state index contributed by atoms with van der Waals surface area (Å²) in [6.45, 7) is 2.34. The molecule has 0 aromatic carbocycles. The molecule has 3 rings (SSSR count). The zero-order chi connectivity index (χ0) is 12.2. The molecule has 2 unspecified atom stereocenters. The maximum absolute atomic E-state index is 13.0. The fourth-order valence-electron chi connectivity index (χ4n) is 2.46. The van der Waals surface area contributed by atoms with Crippen molar-refractivity contribution >= 4 is 5.95 Å². The van der Waals surface area contributed by atoms with Crippen molar-refractivity contribution < 1.29 is 13.9 Å². The Morgan fingerprint density at radius 1 is 1.47 bits per heavy atom. The number of fused-ring (bicyclic) bond motifs is 1. The topological polar surface area (TPSA) is 49.2 Å². The van der Waals surface area contributed by atoms with Gasteiger partial charge in [-0.15, -0.1) is 0 Å². The lowest BCUT2D eigenvalue weighted by Crippen LogP contribution is -2.29. The molecule has 4 nitrogen and oxygen atoms in total. The maximum atomic E-state index is 13.0. The standard InChI is InChI=1S/C11H13F2N3O/c1-6-7(5-17)2-14-10(15-6)16-3-8-9(4-16)11(8,12)13/h2,8-9,17H,3-5H2,1H3. The molecule has 1 aliphatic carbocycles. The van der Waals surface area contributed by atoms with Crippen molar-refractivity contribution in [2.45, 2.75) is 19.5 Å². The van der Waals surface area contributed by atoms with Crippen LogP contribution in [0.1, 0.15) is 11.3 Å².